The molecule has 0 bridgehead atoms. The second-order valence-corrected chi connectivity index (χ2v) is 9.54. The molecule has 7 nitrogen and oxygen atoms in total. The molecular weight excluding hydrogens is 452 g/mol. The molecule has 2 aliphatic rings. The SMILES string of the molecule is C=C(/N=C\C(C)=C(/C)N[C@H]1CCC[C@@H](OC(=O)N2CC[C@@H](F)C2)C1)c1cn(C)c2ncc(F)cc12. The van der Waals surface area contributed by atoms with E-state index in [-0.39, 0.29) is 18.7 Å². The Balaban J connectivity index is 1.35. The van der Waals surface area contributed by atoms with E-state index in [0.717, 1.165) is 36.1 Å². The fourth-order valence-corrected chi connectivity index (χ4v) is 4.71. The van der Waals surface area contributed by atoms with Crippen molar-refractivity contribution in [2.45, 2.75) is 64.3 Å². The van der Waals surface area contributed by atoms with Crippen molar-refractivity contribution in [2.75, 3.05) is 13.1 Å². The maximum Gasteiger partial charge on any atom is 0.410 e. The number of alkyl halides is 1. The van der Waals surface area contributed by atoms with Crippen LogP contribution in [-0.4, -0.2) is 58.2 Å². The number of aromatic nitrogens is 2. The zero-order chi connectivity index (χ0) is 25.1. The highest BCUT2D eigenvalue weighted by molar-refractivity contribution is 5.93. The van der Waals surface area contributed by atoms with Crippen LogP contribution in [0.2, 0.25) is 0 Å². The summed E-state index contributed by atoms with van der Waals surface area (Å²) in [6.07, 6.45) is 7.10. The standard InChI is InChI=1S/C26H33F2N5O2/c1-16(12-29-18(3)24-15-32(4)25-23(24)10-20(28)13-30-25)17(2)31-21-6-5-7-22(11-21)35-26(34)33-9-8-19(27)14-33/h10,12-13,15,19,21-22,31H,3,5-9,11,14H2,1-2,4H3/b17-16+,29-12-/t19-,21+,22-/m1/s1. The lowest BCUT2D eigenvalue weighted by molar-refractivity contribution is 0.0434. The number of nitrogens with zero attached hydrogens (tertiary/aromatic N) is 4. The summed E-state index contributed by atoms with van der Waals surface area (Å²) in [5, 5.41) is 4.20. The van der Waals surface area contributed by atoms with E-state index in [2.05, 4.69) is 21.9 Å². The number of pyridine rings is 1. The van der Waals surface area contributed by atoms with Gasteiger partial charge in [0.15, 0.2) is 0 Å². The minimum Gasteiger partial charge on any atom is -0.446 e. The normalized spacial score (nSPS) is 23.6. The lowest BCUT2D eigenvalue weighted by Crippen LogP contribution is -2.39. The Hall–Kier alpha value is -3.23. The van der Waals surface area contributed by atoms with Gasteiger partial charge in [0, 0.05) is 55.1 Å². The fraction of sp³-hybridized carbons (Fsp3) is 0.500. The molecule has 1 amide bonds. The molecule has 0 aromatic carbocycles. The Kier molecular flexibility index (Phi) is 7.52. The smallest absolute Gasteiger partial charge is 0.410 e. The molecule has 0 spiro atoms. The number of ether oxygens (including phenoxy) is 1. The molecule has 2 aromatic rings. The van der Waals surface area contributed by atoms with Gasteiger partial charge in [-0.25, -0.2) is 18.6 Å². The van der Waals surface area contributed by atoms with E-state index in [9.17, 15) is 13.6 Å². The van der Waals surface area contributed by atoms with Gasteiger partial charge in [-0.15, -0.1) is 0 Å². The van der Waals surface area contributed by atoms with E-state index in [1.165, 1.54) is 17.2 Å². The van der Waals surface area contributed by atoms with Gasteiger partial charge < -0.3 is 19.5 Å². The van der Waals surface area contributed by atoms with Gasteiger partial charge in [0.05, 0.1) is 18.4 Å². The number of hydrogen-bond acceptors (Lipinski definition) is 5. The highest BCUT2D eigenvalue weighted by atomic mass is 19.1. The number of hydrogen-bond donors (Lipinski definition) is 1. The van der Waals surface area contributed by atoms with Gasteiger partial charge in [-0.3, -0.25) is 4.99 Å². The molecule has 9 heteroatoms. The van der Waals surface area contributed by atoms with Crippen LogP contribution in [0.25, 0.3) is 16.7 Å². The number of likely N-dealkylation sites (tertiary alicyclic amines) is 1. The summed E-state index contributed by atoms with van der Waals surface area (Å²) in [5.74, 6) is -0.402. The van der Waals surface area contributed by atoms with Gasteiger partial charge in [-0.1, -0.05) is 6.58 Å². The van der Waals surface area contributed by atoms with Crippen LogP contribution in [0.5, 0.6) is 0 Å². The predicted molar refractivity (Wildman–Crippen MR) is 133 cm³/mol. The molecule has 3 atom stereocenters. The Bertz CT molecular complexity index is 1170. The van der Waals surface area contributed by atoms with E-state index >= 15 is 0 Å². The first-order chi connectivity index (χ1) is 16.7. The number of carbonyl (C=O) groups is 1. The van der Waals surface area contributed by atoms with Crippen LogP contribution in [0.1, 0.15) is 51.5 Å². The van der Waals surface area contributed by atoms with Crippen LogP contribution in [-0.2, 0) is 11.8 Å². The topological polar surface area (TPSA) is 71.8 Å². The van der Waals surface area contributed by atoms with Gasteiger partial charge in [-0.05, 0) is 51.2 Å². The Morgan fingerprint density at radius 2 is 2.14 bits per heavy atom. The van der Waals surface area contributed by atoms with Crippen molar-refractivity contribution in [1.82, 2.24) is 19.8 Å². The third-order valence-electron chi connectivity index (χ3n) is 6.80. The van der Waals surface area contributed by atoms with E-state index in [1.807, 2.05) is 31.7 Å². The van der Waals surface area contributed by atoms with Crippen molar-refractivity contribution in [3.8, 4) is 0 Å². The number of allylic oxidation sites excluding steroid dienone is 2. The van der Waals surface area contributed by atoms with Crippen LogP contribution in [0.4, 0.5) is 13.6 Å². The van der Waals surface area contributed by atoms with Crippen molar-refractivity contribution < 1.29 is 18.3 Å². The van der Waals surface area contributed by atoms with Crippen LogP contribution in [0.15, 0.2) is 41.3 Å². The summed E-state index contributed by atoms with van der Waals surface area (Å²) < 4.78 is 34.6. The number of amides is 1. The molecule has 4 rings (SSSR count). The summed E-state index contributed by atoms with van der Waals surface area (Å²) in [4.78, 5) is 22.4. The third kappa shape index (κ3) is 5.89. The number of aryl methyl sites for hydroxylation is 1. The van der Waals surface area contributed by atoms with E-state index in [0.29, 0.717) is 36.1 Å². The van der Waals surface area contributed by atoms with Crippen molar-refractivity contribution in [3.05, 3.63) is 47.7 Å². The van der Waals surface area contributed by atoms with E-state index in [4.69, 9.17) is 4.74 Å². The largest absolute Gasteiger partial charge is 0.446 e. The lowest BCUT2D eigenvalue weighted by Gasteiger charge is -2.31. The van der Waals surface area contributed by atoms with Gasteiger partial charge >= 0.3 is 6.09 Å². The van der Waals surface area contributed by atoms with Crippen LogP contribution >= 0.6 is 0 Å². The summed E-state index contributed by atoms with van der Waals surface area (Å²) in [6, 6.07) is 1.62. The molecule has 2 aromatic heterocycles. The average Bonchev–Trinajstić information content (AvgIpc) is 3.40. The summed E-state index contributed by atoms with van der Waals surface area (Å²) in [5.41, 5.74) is 3.85. The molecule has 1 N–H and O–H groups in total. The zero-order valence-corrected chi connectivity index (χ0v) is 20.6. The summed E-state index contributed by atoms with van der Waals surface area (Å²) >= 11 is 0. The second-order valence-electron chi connectivity index (χ2n) is 9.54. The number of carbonyl (C=O) groups excluding carboxylic acids is 1. The first kappa shape index (κ1) is 24.9. The number of fused-ring (bicyclic) bond motifs is 1. The van der Waals surface area contributed by atoms with Crippen LogP contribution in [0, 0.1) is 5.82 Å². The molecular formula is C26H33F2N5O2. The number of halogens is 2. The zero-order valence-electron chi connectivity index (χ0n) is 20.6. The first-order valence-electron chi connectivity index (χ1n) is 12.1. The van der Waals surface area contributed by atoms with Crippen molar-refractivity contribution in [1.29, 1.82) is 0 Å². The number of aliphatic imine (C=N–C) groups is 1. The molecule has 1 aliphatic heterocycles. The molecule has 3 heterocycles. The quantitative estimate of drug-likeness (QED) is 0.576. The van der Waals surface area contributed by atoms with Crippen molar-refractivity contribution in [3.63, 3.8) is 0 Å². The Labute approximate surface area is 204 Å². The van der Waals surface area contributed by atoms with E-state index < -0.39 is 18.1 Å². The Morgan fingerprint density at radius 3 is 2.89 bits per heavy atom. The maximum atomic E-state index is 13.7. The molecule has 1 aliphatic carbocycles. The highest BCUT2D eigenvalue weighted by Gasteiger charge is 2.31. The van der Waals surface area contributed by atoms with Crippen molar-refractivity contribution >= 4 is 29.0 Å². The van der Waals surface area contributed by atoms with Gasteiger partial charge in [0.1, 0.15) is 23.7 Å². The Morgan fingerprint density at radius 1 is 1.34 bits per heavy atom. The third-order valence-corrected chi connectivity index (χ3v) is 6.80. The minimum atomic E-state index is -0.949. The monoisotopic (exact) mass is 485 g/mol. The molecule has 0 radical (unpaired) electrons. The molecule has 2 fully saturated rings. The summed E-state index contributed by atoms with van der Waals surface area (Å²) in [6.45, 7) is 8.56. The lowest BCUT2D eigenvalue weighted by atomic mass is 9.92. The molecule has 1 saturated heterocycles. The highest BCUT2D eigenvalue weighted by Crippen LogP contribution is 2.27. The van der Waals surface area contributed by atoms with Crippen LogP contribution in [0.3, 0.4) is 0 Å². The van der Waals surface area contributed by atoms with Gasteiger partial charge in [0.2, 0.25) is 0 Å². The van der Waals surface area contributed by atoms with E-state index in [1.54, 1.807) is 6.21 Å². The number of nitrogens with one attached hydrogen (secondary N) is 1. The molecule has 35 heavy (non-hydrogen) atoms. The van der Waals surface area contributed by atoms with Gasteiger partial charge in [0.25, 0.3) is 0 Å². The predicted octanol–water partition coefficient (Wildman–Crippen LogP) is 5.13. The fourth-order valence-electron chi connectivity index (χ4n) is 4.71. The molecule has 1 saturated carbocycles. The maximum absolute atomic E-state index is 13.7. The molecule has 0 unspecified atom stereocenters. The first-order valence-corrected chi connectivity index (χ1v) is 12.1. The second kappa shape index (κ2) is 10.6. The number of rotatable bonds is 6. The van der Waals surface area contributed by atoms with Gasteiger partial charge in [-0.2, -0.15) is 0 Å². The molecule has 188 valence electrons. The van der Waals surface area contributed by atoms with Crippen LogP contribution < -0.4 is 5.32 Å². The summed E-state index contributed by atoms with van der Waals surface area (Å²) in [7, 11) is 1.85. The average molecular weight is 486 g/mol. The minimum absolute atomic E-state index is 0.128. The van der Waals surface area contributed by atoms with Crippen molar-refractivity contribution in [2.24, 2.45) is 12.0 Å².